The quantitative estimate of drug-likeness (QED) is 0.0893. The number of nitrogens with zero attached hydrogens (tertiary/aromatic N) is 3. The maximum atomic E-state index is 4.52. The van der Waals surface area contributed by atoms with Gasteiger partial charge in [0.25, 0.3) is 0 Å². The monoisotopic (exact) mass is 1060 g/mol. The first-order chi connectivity index (χ1) is 40.1. The number of anilines is 5. The van der Waals surface area contributed by atoms with Gasteiger partial charge in [0.2, 0.25) is 0 Å². The van der Waals surface area contributed by atoms with Gasteiger partial charge in [0.1, 0.15) is 0 Å². The molecule has 0 aromatic heterocycles. The van der Waals surface area contributed by atoms with Crippen LogP contribution in [0, 0.1) is 0 Å². The number of para-hydroxylation sites is 1. The molecule has 3 nitrogen and oxygen atoms in total. The largest absolute Gasteiger partial charge is 0.315 e. The van der Waals surface area contributed by atoms with Crippen molar-refractivity contribution in [1.82, 2.24) is 0 Å². The van der Waals surface area contributed by atoms with Crippen molar-refractivity contribution in [3.8, 4) is 33.4 Å². The molecule has 0 spiro atoms. The van der Waals surface area contributed by atoms with Crippen LogP contribution in [0.5, 0.6) is 0 Å². The molecule has 2 aliphatic rings. The van der Waals surface area contributed by atoms with Crippen molar-refractivity contribution in [1.29, 1.82) is 0 Å². The summed E-state index contributed by atoms with van der Waals surface area (Å²) in [5.74, 6) is 0. The molecule has 2 aliphatic carbocycles. The fraction of sp³-hybridized carbons (Fsp3) is 0.114. The molecule has 0 heterocycles. The van der Waals surface area contributed by atoms with Crippen molar-refractivity contribution in [3.63, 3.8) is 0 Å². The van der Waals surface area contributed by atoms with E-state index in [0.717, 1.165) is 119 Å². The SMILES string of the molecule is C=C(C)C(=C)N(/C(C)=C/C=C\C)c1ccc(-c2c(-c3ccccc3)c(C3=CC=CCC=C3)c(-c3ccc(N(C4=CC=C/C(=C/C)C/C4=C\C)/C(C)=C/C=C\C)cc3)c3cc(N(c4ccccc4)c4cccc5ccccc45)ccc23)cc1. The Morgan fingerprint density at radius 3 is 1.79 bits per heavy atom. The van der Waals surface area contributed by atoms with E-state index in [9.17, 15) is 0 Å². The summed E-state index contributed by atoms with van der Waals surface area (Å²) in [4.78, 5) is 7.04. The number of rotatable bonds is 16. The van der Waals surface area contributed by atoms with Gasteiger partial charge in [0.15, 0.2) is 0 Å². The highest BCUT2D eigenvalue weighted by Crippen LogP contribution is 2.52. The van der Waals surface area contributed by atoms with E-state index < -0.39 is 0 Å². The minimum atomic E-state index is 0.840. The first-order valence-electron chi connectivity index (χ1n) is 28.6. The lowest BCUT2D eigenvalue weighted by molar-refractivity contribution is 1.03. The molecule has 0 saturated heterocycles. The van der Waals surface area contributed by atoms with E-state index in [1.807, 2.05) is 19.9 Å². The van der Waals surface area contributed by atoms with Crippen molar-refractivity contribution in [3.05, 3.63) is 325 Å². The van der Waals surface area contributed by atoms with Crippen LogP contribution < -0.4 is 14.7 Å². The van der Waals surface area contributed by atoms with E-state index in [-0.39, 0.29) is 0 Å². The molecule has 8 aromatic carbocycles. The molecule has 0 bridgehead atoms. The molecule has 10 rings (SSSR count). The molecule has 0 unspecified atom stereocenters. The maximum absolute atomic E-state index is 4.52. The Morgan fingerprint density at radius 2 is 1.11 bits per heavy atom. The van der Waals surface area contributed by atoms with Crippen molar-refractivity contribution in [2.75, 3.05) is 14.7 Å². The van der Waals surface area contributed by atoms with Crippen molar-refractivity contribution >= 4 is 55.6 Å². The number of benzene rings is 8. The van der Waals surface area contributed by atoms with Crippen LogP contribution in [0.1, 0.15) is 66.9 Å². The van der Waals surface area contributed by atoms with Crippen LogP contribution in [0.15, 0.2) is 320 Å². The molecular weight excluding hydrogens is 991 g/mol. The Balaban J connectivity index is 1.32. The zero-order chi connectivity index (χ0) is 57.1. The third-order valence-corrected chi connectivity index (χ3v) is 15.5. The molecule has 404 valence electrons. The van der Waals surface area contributed by atoms with E-state index in [1.165, 1.54) is 27.5 Å². The fourth-order valence-electron chi connectivity index (χ4n) is 11.4. The molecular formula is C79H73N3. The topological polar surface area (TPSA) is 9.72 Å². The van der Waals surface area contributed by atoms with E-state index >= 15 is 0 Å². The number of allylic oxidation sites excluding steroid dienone is 22. The van der Waals surface area contributed by atoms with Gasteiger partial charge in [-0.15, -0.1) is 0 Å². The van der Waals surface area contributed by atoms with Crippen LogP contribution in [0.2, 0.25) is 0 Å². The molecule has 0 aliphatic heterocycles. The third kappa shape index (κ3) is 11.5. The Labute approximate surface area is 487 Å². The fourth-order valence-corrected chi connectivity index (χ4v) is 11.4. The first-order valence-corrected chi connectivity index (χ1v) is 28.6. The zero-order valence-corrected chi connectivity index (χ0v) is 48.6. The summed E-state index contributed by atoms with van der Waals surface area (Å²) in [6.45, 7) is 23.6. The molecule has 0 amide bonds. The van der Waals surface area contributed by atoms with Gasteiger partial charge in [-0.1, -0.05) is 207 Å². The third-order valence-electron chi connectivity index (χ3n) is 15.5. The minimum absolute atomic E-state index is 0.840. The average Bonchev–Trinajstić information content (AvgIpc) is 2.93. The summed E-state index contributed by atoms with van der Waals surface area (Å²) in [7, 11) is 0. The lowest BCUT2D eigenvalue weighted by atomic mass is 9.78. The molecule has 0 radical (unpaired) electrons. The molecule has 0 fully saturated rings. The van der Waals surface area contributed by atoms with Crippen LogP contribution in [-0.2, 0) is 0 Å². The first kappa shape index (κ1) is 55.6. The molecule has 0 saturated carbocycles. The highest BCUT2D eigenvalue weighted by atomic mass is 15.2. The van der Waals surface area contributed by atoms with Crippen molar-refractivity contribution < 1.29 is 0 Å². The van der Waals surface area contributed by atoms with Crippen LogP contribution in [-0.4, -0.2) is 0 Å². The molecule has 0 atom stereocenters. The molecule has 8 aromatic rings. The van der Waals surface area contributed by atoms with Gasteiger partial charge in [-0.2, -0.15) is 0 Å². The van der Waals surface area contributed by atoms with Gasteiger partial charge in [0.05, 0.1) is 5.69 Å². The number of hydrogen-bond acceptors (Lipinski definition) is 3. The van der Waals surface area contributed by atoms with Crippen LogP contribution in [0.25, 0.3) is 60.5 Å². The van der Waals surface area contributed by atoms with Gasteiger partial charge in [-0.05, 0) is 212 Å². The lowest BCUT2D eigenvalue weighted by Crippen LogP contribution is -2.21. The summed E-state index contributed by atoms with van der Waals surface area (Å²) >= 11 is 0. The van der Waals surface area contributed by atoms with Crippen molar-refractivity contribution in [2.24, 2.45) is 0 Å². The van der Waals surface area contributed by atoms with Crippen LogP contribution >= 0.6 is 0 Å². The second-order valence-corrected chi connectivity index (χ2v) is 20.9. The summed E-state index contributed by atoms with van der Waals surface area (Å²) in [6.07, 6.45) is 36.9. The van der Waals surface area contributed by atoms with Crippen LogP contribution in [0.4, 0.5) is 28.4 Å². The van der Waals surface area contributed by atoms with Crippen LogP contribution in [0.3, 0.4) is 0 Å². The second-order valence-electron chi connectivity index (χ2n) is 20.9. The number of hydrogen-bond donors (Lipinski definition) is 0. The lowest BCUT2D eigenvalue weighted by Gasteiger charge is -2.31. The zero-order valence-electron chi connectivity index (χ0n) is 48.6. The smallest absolute Gasteiger partial charge is 0.0540 e. The summed E-state index contributed by atoms with van der Waals surface area (Å²) in [5.41, 5.74) is 22.1. The van der Waals surface area contributed by atoms with Gasteiger partial charge in [0, 0.05) is 50.9 Å². The van der Waals surface area contributed by atoms with Gasteiger partial charge in [-0.3, -0.25) is 0 Å². The minimum Gasteiger partial charge on any atom is -0.315 e. The Hall–Kier alpha value is -9.70. The summed E-state index contributed by atoms with van der Waals surface area (Å²) in [6, 6.07) is 62.7. The standard InChI is InChI=1S/C79H73N3/c1-10-14-30-57(7)80(59(9)56(5)6)68-48-44-65(45-49-68)76-72-53-52-70(82(67-39-24-19-25-40-67)75-43-29-38-62-33-26-27-41-71(62)75)55-73(72)77(79(64-34-20-16-17-21-35-64)78(76)63-36-22-18-23-37-63)66-46-50-69(51-47-66)81(58(8)31-15-11-2)74-42-28-32-60(12-3)54-61(74)13-4/h10-16,18-53,55H,5,9,17,54H2,1-4,6-8H3/b14-10-,15-11-,57-30+,58-31+,60-12-,61-13+. The average molecular weight is 1060 g/mol. The predicted molar refractivity (Wildman–Crippen MR) is 359 cm³/mol. The normalized spacial score (nSPS) is 14.9. The Kier molecular flexibility index (Phi) is 17.4. The second kappa shape index (κ2) is 25.6. The Bertz CT molecular complexity index is 4040. The Morgan fingerprint density at radius 1 is 0.488 bits per heavy atom. The summed E-state index contributed by atoms with van der Waals surface area (Å²) < 4.78 is 0. The molecule has 82 heavy (non-hydrogen) atoms. The molecule has 3 heteroatoms. The highest BCUT2D eigenvalue weighted by Gasteiger charge is 2.28. The van der Waals surface area contributed by atoms with E-state index in [0.29, 0.717) is 0 Å². The van der Waals surface area contributed by atoms with E-state index in [1.54, 1.807) is 0 Å². The number of fused-ring (bicyclic) bond motifs is 2. The summed E-state index contributed by atoms with van der Waals surface area (Å²) in [5, 5.41) is 4.64. The maximum Gasteiger partial charge on any atom is 0.0540 e. The van der Waals surface area contributed by atoms with E-state index in [2.05, 4.69) is 323 Å². The molecule has 0 N–H and O–H groups in total. The highest BCUT2D eigenvalue weighted by molar-refractivity contribution is 6.18. The van der Waals surface area contributed by atoms with Gasteiger partial charge < -0.3 is 14.7 Å². The van der Waals surface area contributed by atoms with Gasteiger partial charge in [-0.25, -0.2) is 0 Å². The van der Waals surface area contributed by atoms with Gasteiger partial charge >= 0.3 is 0 Å². The van der Waals surface area contributed by atoms with E-state index in [4.69, 9.17) is 0 Å². The predicted octanol–water partition coefficient (Wildman–Crippen LogP) is 22.8. The van der Waals surface area contributed by atoms with Crippen molar-refractivity contribution in [2.45, 2.75) is 61.3 Å².